The quantitative estimate of drug-likeness (QED) is 0.441. The number of amides is 1. The van der Waals surface area contributed by atoms with Gasteiger partial charge in [0.2, 0.25) is 0 Å². The van der Waals surface area contributed by atoms with Crippen LogP contribution in [-0.4, -0.2) is 34.2 Å². The highest BCUT2D eigenvalue weighted by Gasteiger charge is 2.54. The fraction of sp³-hybridized carbons (Fsp3) is 0.346. The van der Waals surface area contributed by atoms with E-state index in [1.165, 1.54) is 0 Å². The number of aromatic amines is 2. The third-order valence-corrected chi connectivity index (χ3v) is 7.67. The van der Waals surface area contributed by atoms with Crippen LogP contribution in [0.25, 0.3) is 21.7 Å². The van der Waals surface area contributed by atoms with E-state index in [1.807, 2.05) is 49.4 Å². The van der Waals surface area contributed by atoms with Crippen LogP contribution in [0.2, 0.25) is 0 Å². The topological polar surface area (TPSA) is 99.9 Å². The minimum Gasteiger partial charge on any atom is -0.495 e. The van der Waals surface area contributed by atoms with Crippen molar-refractivity contribution in [3.05, 3.63) is 69.8 Å². The predicted molar refractivity (Wildman–Crippen MR) is 127 cm³/mol. The van der Waals surface area contributed by atoms with Gasteiger partial charge in [0.15, 0.2) is 0 Å². The molecule has 2 aromatic heterocycles. The second-order valence-corrected chi connectivity index (χ2v) is 9.68. The lowest BCUT2D eigenvalue weighted by Gasteiger charge is -2.57. The van der Waals surface area contributed by atoms with Gasteiger partial charge in [0.25, 0.3) is 11.5 Å². The molecule has 0 aliphatic heterocycles. The average Bonchev–Trinajstić information content (AvgIpc) is 3.12. The van der Waals surface area contributed by atoms with E-state index in [0.717, 1.165) is 59.0 Å². The number of aromatic nitrogens is 3. The molecule has 0 radical (unpaired) electrons. The second kappa shape index (κ2) is 7.20. The van der Waals surface area contributed by atoms with E-state index in [0.29, 0.717) is 17.0 Å². The monoisotopic (exact) mass is 442 g/mol. The molecule has 168 valence electrons. The fourth-order valence-electron chi connectivity index (χ4n) is 6.03. The third-order valence-electron chi connectivity index (χ3n) is 7.67. The summed E-state index contributed by atoms with van der Waals surface area (Å²) in [7, 11) is 1.63. The van der Waals surface area contributed by atoms with Crippen LogP contribution in [0.15, 0.2) is 47.3 Å². The molecule has 0 bridgehead atoms. The SMILES string of the molecule is COc1cccc2c(C)c(C(=O)NC3CC4(C3)CC(c3n[nH]c(=O)c5ccccc35)C4)[nH]c12. The van der Waals surface area contributed by atoms with Gasteiger partial charge in [-0.1, -0.05) is 30.3 Å². The minimum atomic E-state index is -0.139. The number of ether oxygens (including phenoxy) is 1. The normalized spacial score (nSPS) is 23.9. The smallest absolute Gasteiger partial charge is 0.272 e. The van der Waals surface area contributed by atoms with Crippen LogP contribution >= 0.6 is 0 Å². The van der Waals surface area contributed by atoms with Gasteiger partial charge in [-0.05, 0) is 55.7 Å². The number of aryl methyl sites for hydroxylation is 1. The molecule has 2 heterocycles. The number of nitrogens with zero attached hydrogens (tertiary/aromatic N) is 1. The molecule has 0 saturated heterocycles. The van der Waals surface area contributed by atoms with Crippen LogP contribution in [0.1, 0.15) is 53.3 Å². The van der Waals surface area contributed by atoms with Gasteiger partial charge < -0.3 is 15.0 Å². The number of methoxy groups -OCH3 is 1. The number of carbonyl (C=O) groups is 1. The van der Waals surface area contributed by atoms with Gasteiger partial charge >= 0.3 is 0 Å². The van der Waals surface area contributed by atoms with Crippen LogP contribution in [0.3, 0.4) is 0 Å². The Morgan fingerprint density at radius 2 is 1.79 bits per heavy atom. The highest BCUT2D eigenvalue weighted by atomic mass is 16.5. The number of hydrogen-bond acceptors (Lipinski definition) is 4. The summed E-state index contributed by atoms with van der Waals surface area (Å²) in [5.41, 5.74) is 3.53. The first-order valence-corrected chi connectivity index (χ1v) is 11.4. The first-order valence-electron chi connectivity index (χ1n) is 11.4. The Morgan fingerprint density at radius 1 is 1.06 bits per heavy atom. The lowest BCUT2D eigenvalue weighted by molar-refractivity contribution is -0.0197. The highest BCUT2D eigenvalue weighted by molar-refractivity contribution is 6.02. The first kappa shape index (κ1) is 20.0. The summed E-state index contributed by atoms with van der Waals surface area (Å²) in [4.78, 5) is 28.3. The summed E-state index contributed by atoms with van der Waals surface area (Å²) < 4.78 is 5.43. The molecule has 33 heavy (non-hydrogen) atoms. The Hall–Kier alpha value is -3.61. The number of rotatable bonds is 4. The predicted octanol–water partition coefficient (Wildman–Crippen LogP) is 4.18. The second-order valence-electron chi connectivity index (χ2n) is 9.68. The molecular weight excluding hydrogens is 416 g/mol. The van der Waals surface area contributed by atoms with Crippen molar-refractivity contribution >= 4 is 27.6 Å². The van der Waals surface area contributed by atoms with Crippen molar-refractivity contribution in [1.29, 1.82) is 0 Å². The van der Waals surface area contributed by atoms with Crippen LogP contribution < -0.4 is 15.6 Å². The zero-order chi connectivity index (χ0) is 22.7. The van der Waals surface area contributed by atoms with E-state index in [1.54, 1.807) is 7.11 Å². The molecular formula is C26H26N4O3. The van der Waals surface area contributed by atoms with Crippen molar-refractivity contribution < 1.29 is 9.53 Å². The summed E-state index contributed by atoms with van der Waals surface area (Å²) in [6.07, 6.45) is 4.06. The Balaban J connectivity index is 1.13. The average molecular weight is 443 g/mol. The number of H-pyrrole nitrogens is 2. The maximum absolute atomic E-state index is 13.0. The molecule has 2 aliphatic rings. The van der Waals surface area contributed by atoms with E-state index < -0.39 is 0 Å². The molecule has 2 aliphatic carbocycles. The van der Waals surface area contributed by atoms with Gasteiger partial charge in [-0.25, -0.2) is 5.10 Å². The van der Waals surface area contributed by atoms with E-state index in [9.17, 15) is 9.59 Å². The van der Waals surface area contributed by atoms with Gasteiger partial charge in [0, 0.05) is 22.7 Å². The number of hydrogen-bond donors (Lipinski definition) is 3. The van der Waals surface area contributed by atoms with Gasteiger partial charge in [-0.15, -0.1) is 0 Å². The van der Waals surface area contributed by atoms with Crippen molar-refractivity contribution in [2.45, 2.75) is 44.6 Å². The largest absolute Gasteiger partial charge is 0.495 e. The van der Waals surface area contributed by atoms with Crippen molar-refractivity contribution in [2.24, 2.45) is 5.41 Å². The Bertz CT molecular complexity index is 1450. The van der Waals surface area contributed by atoms with Crippen LogP contribution in [-0.2, 0) is 0 Å². The number of benzene rings is 2. The van der Waals surface area contributed by atoms with Crippen molar-refractivity contribution in [3.8, 4) is 5.75 Å². The zero-order valence-electron chi connectivity index (χ0n) is 18.7. The van der Waals surface area contributed by atoms with Gasteiger partial charge in [-0.2, -0.15) is 5.10 Å². The molecule has 2 aromatic carbocycles. The molecule has 6 rings (SSSR count). The molecule has 3 N–H and O–H groups in total. The molecule has 7 heteroatoms. The first-order chi connectivity index (χ1) is 16.0. The number of para-hydroxylation sites is 1. The van der Waals surface area contributed by atoms with Crippen LogP contribution in [0.5, 0.6) is 5.75 Å². The summed E-state index contributed by atoms with van der Waals surface area (Å²) in [5, 5.41) is 12.9. The molecule has 2 fully saturated rings. The maximum Gasteiger partial charge on any atom is 0.272 e. The van der Waals surface area contributed by atoms with E-state index in [-0.39, 0.29) is 22.9 Å². The Kier molecular flexibility index (Phi) is 4.37. The van der Waals surface area contributed by atoms with Gasteiger partial charge in [0.1, 0.15) is 11.4 Å². The van der Waals surface area contributed by atoms with E-state index in [2.05, 4.69) is 20.5 Å². The lowest BCUT2D eigenvalue weighted by Crippen LogP contribution is -2.55. The number of carbonyl (C=O) groups excluding carboxylic acids is 1. The summed E-state index contributed by atoms with van der Waals surface area (Å²) in [6.45, 7) is 1.97. The Labute approximate surface area is 190 Å². The molecule has 1 spiro atoms. The van der Waals surface area contributed by atoms with Crippen molar-refractivity contribution in [1.82, 2.24) is 20.5 Å². The van der Waals surface area contributed by atoms with Crippen LogP contribution in [0.4, 0.5) is 0 Å². The molecule has 2 saturated carbocycles. The zero-order valence-corrected chi connectivity index (χ0v) is 18.7. The number of fused-ring (bicyclic) bond motifs is 2. The molecule has 1 amide bonds. The summed E-state index contributed by atoms with van der Waals surface area (Å²) in [5.74, 6) is 1.03. The van der Waals surface area contributed by atoms with Crippen LogP contribution in [0, 0.1) is 12.3 Å². The molecule has 0 unspecified atom stereocenters. The number of nitrogens with one attached hydrogen (secondary N) is 3. The standard InChI is InChI=1S/C26H26N4O3/c1-14-17-8-5-9-20(33-2)23(17)28-21(14)25(32)27-16-12-26(13-16)10-15(11-26)22-18-6-3-4-7-19(18)24(31)30-29-22/h3-9,15-16,28H,10-13H2,1-2H3,(H,27,32)(H,30,31). The van der Waals surface area contributed by atoms with E-state index in [4.69, 9.17) is 4.74 Å². The lowest BCUT2D eigenvalue weighted by atomic mass is 9.49. The maximum atomic E-state index is 13.0. The molecule has 7 nitrogen and oxygen atoms in total. The van der Waals surface area contributed by atoms with Crippen molar-refractivity contribution in [3.63, 3.8) is 0 Å². The summed E-state index contributed by atoms with van der Waals surface area (Å²) in [6, 6.07) is 13.7. The third kappa shape index (κ3) is 3.06. The Morgan fingerprint density at radius 3 is 2.55 bits per heavy atom. The van der Waals surface area contributed by atoms with Crippen molar-refractivity contribution in [2.75, 3.05) is 7.11 Å². The van der Waals surface area contributed by atoms with Gasteiger partial charge in [-0.3, -0.25) is 9.59 Å². The highest BCUT2D eigenvalue weighted by Crippen LogP contribution is 2.62. The summed E-state index contributed by atoms with van der Waals surface area (Å²) >= 11 is 0. The molecule has 4 aromatic rings. The molecule has 0 atom stereocenters. The van der Waals surface area contributed by atoms with E-state index >= 15 is 0 Å². The van der Waals surface area contributed by atoms with Gasteiger partial charge in [0.05, 0.1) is 23.7 Å². The minimum absolute atomic E-state index is 0.0604. The fourth-order valence-corrected chi connectivity index (χ4v) is 6.03.